The van der Waals surface area contributed by atoms with E-state index in [9.17, 15) is 9.59 Å². The van der Waals surface area contributed by atoms with Crippen LogP contribution in [0.15, 0.2) is 42.5 Å². The van der Waals surface area contributed by atoms with Crippen molar-refractivity contribution < 1.29 is 9.59 Å². The Morgan fingerprint density at radius 2 is 1.85 bits per heavy atom. The maximum Gasteiger partial charge on any atom is 0.253 e. The van der Waals surface area contributed by atoms with Gasteiger partial charge in [-0.25, -0.2) is 0 Å². The molecule has 0 unspecified atom stereocenters. The third-order valence-corrected chi connectivity index (χ3v) is 4.81. The molecule has 0 saturated heterocycles. The molecule has 0 atom stereocenters. The molecule has 0 aliphatic heterocycles. The van der Waals surface area contributed by atoms with Crippen LogP contribution in [-0.4, -0.2) is 23.3 Å². The van der Waals surface area contributed by atoms with Gasteiger partial charge in [-0.15, -0.1) is 0 Å². The highest BCUT2D eigenvalue weighted by atomic mass is 35.5. The van der Waals surface area contributed by atoms with Crippen molar-refractivity contribution in [2.24, 2.45) is 0 Å². The SMILES string of the molecule is Cc1nc2ccc(Cl)cc2cc1C(=O)NCC(=O)Nc1cccc(Cl)c1C. The Morgan fingerprint density at radius 3 is 2.63 bits per heavy atom. The monoisotopic (exact) mass is 401 g/mol. The number of fused-ring (bicyclic) bond motifs is 1. The van der Waals surface area contributed by atoms with Gasteiger partial charge in [-0.2, -0.15) is 0 Å². The second-order valence-electron chi connectivity index (χ2n) is 6.10. The number of carbonyl (C=O) groups is 2. The number of nitrogens with one attached hydrogen (secondary N) is 2. The summed E-state index contributed by atoms with van der Waals surface area (Å²) >= 11 is 12.0. The van der Waals surface area contributed by atoms with Gasteiger partial charge in [0.05, 0.1) is 23.3 Å². The lowest BCUT2D eigenvalue weighted by Gasteiger charge is -2.11. The van der Waals surface area contributed by atoms with E-state index in [4.69, 9.17) is 23.2 Å². The van der Waals surface area contributed by atoms with Crippen molar-refractivity contribution >= 4 is 51.6 Å². The Bertz CT molecular complexity index is 1050. The summed E-state index contributed by atoms with van der Waals surface area (Å²) in [7, 11) is 0. The molecule has 27 heavy (non-hydrogen) atoms. The number of carbonyl (C=O) groups excluding carboxylic acids is 2. The van der Waals surface area contributed by atoms with Crippen LogP contribution >= 0.6 is 23.2 Å². The summed E-state index contributed by atoms with van der Waals surface area (Å²) < 4.78 is 0. The van der Waals surface area contributed by atoms with E-state index in [1.807, 2.05) is 6.92 Å². The summed E-state index contributed by atoms with van der Waals surface area (Å²) in [6, 6.07) is 12.3. The number of aryl methyl sites for hydroxylation is 1. The molecule has 1 heterocycles. The molecular weight excluding hydrogens is 385 g/mol. The van der Waals surface area contributed by atoms with Crippen LogP contribution in [0.5, 0.6) is 0 Å². The van der Waals surface area contributed by atoms with Crippen LogP contribution < -0.4 is 10.6 Å². The van der Waals surface area contributed by atoms with E-state index in [-0.39, 0.29) is 18.4 Å². The van der Waals surface area contributed by atoms with Gasteiger partial charge in [0, 0.05) is 21.1 Å². The fraction of sp³-hybridized carbons (Fsp3) is 0.150. The normalized spacial score (nSPS) is 10.7. The van der Waals surface area contributed by atoms with Gasteiger partial charge in [0.2, 0.25) is 5.91 Å². The van der Waals surface area contributed by atoms with E-state index < -0.39 is 0 Å². The second kappa shape index (κ2) is 7.94. The maximum absolute atomic E-state index is 12.5. The quantitative estimate of drug-likeness (QED) is 0.674. The first kappa shape index (κ1) is 19.1. The van der Waals surface area contributed by atoms with Gasteiger partial charge in [0.25, 0.3) is 5.91 Å². The first-order valence-electron chi connectivity index (χ1n) is 8.25. The minimum atomic E-state index is -0.375. The average molecular weight is 402 g/mol. The molecule has 138 valence electrons. The van der Waals surface area contributed by atoms with E-state index >= 15 is 0 Å². The molecule has 5 nitrogen and oxygen atoms in total. The molecule has 0 aliphatic rings. The highest BCUT2D eigenvalue weighted by Crippen LogP contribution is 2.23. The summed E-state index contributed by atoms with van der Waals surface area (Å²) in [4.78, 5) is 29.1. The van der Waals surface area contributed by atoms with Crippen molar-refractivity contribution in [2.45, 2.75) is 13.8 Å². The van der Waals surface area contributed by atoms with Gasteiger partial charge < -0.3 is 10.6 Å². The van der Waals surface area contributed by atoms with Crippen molar-refractivity contribution in [3.05, 3.63) is 69.3 Å². The lowest BCUT2D eigenvalue weighted by atomic mass is 10.1. The fourth-order valence-electron chi connectivity index (χ4n) is 2.67. The minimum Gasteiger partial charge on any atom is -0.343 e. The standard InChI is InChI=1S/C20H17Cl2N3O2/c1-11-16(22)4-3-5-17(11)25-19(26)10-23-20(27)15-9-13-8-14(21)6-7-18(13)24-12(15)2/h3-9H,10H2,1-2H3,(H,23,27)(H,25,26). The number of aromatic nitrogens is 1. The zero-order valence-corrected chi connectivity index (χ0v) is 16.3. The van der Waals surface area contributed by atoms with Crippen LogP contribution in [0.2, 0.25) is 10.0 Å². The highest BCUT2D eigenvalue weighted by Gasteiger charge is 2.14. The lowest BCUT2D eigenvalue weighted by Crippen LogP contribution is -2.33. The number of hydrogen-bond donors (Lipinski definition) is 2. The number of pyridine rings is 1. The summed E-state index contributed by atoms with van der Waals surface area (Å²) in [6.07, 6.45) is 0. The molecule has 1 aromatic heterocycles. The van der Waals surface area contributed by atoms with Crippen LogP contribution in [0.1, 0.15) is 21.6 Å². The Labute approximate surface area is 166 Å². The van der Waals surface area contributed by atoms with Gasteiger partial charge in [0.15, 0.2) is 0 Å². The van der Waals surface area contributed by atoms with E-state index in [0.29, 0.717) is 27.0 Å². The predicted octanol–water partition coefficient (Wildman–Crippen LogP) is 4.53. The van der Waals surface area contributed by atoms with Crippen LogP contribution in [0.25, 0.3) is 10.9 Å². The first-order valence-corrected chi connectivity index (χ1v) is 9.01. The molecule has 3 rings (SSSR count). The number of benzene rings is 2. The Balaban J connectivity index is 1.70. The summed E-state index contributed by atoms with van der Waals surface area (Å²) in [5.74, 6) is -0.719. The smallest absolute Gasteiger partial charge is 0.253 e. The number of rotatable bonds is 4. The van der Waals surface area contributed by atoms with Crippen LogP contribution in [0.3, 0.4) is 0 Å². The van der Waals surface area contributed by atoms with E-state index in [1.165, 1.54) is 0 Å². The molecule has 0 fully saturated rings. The summed E-state index contributed by atoms with van der Waals surface area (Å²) in [5.41, 5.74) is 3.11. The maximum atomic E-state index is 12.5. The Hall–Kier alpha value is -2.63. The van der Waals surface area contributed by atoms with Gasteiger partial charge in [-0.05, 0) is 55.8 Å². The average Bonchev–Trinajstić information content (AvgIpc) is 2.63. The molecule has 3 aromatic rings. The number of hydrogen-bond acceptors (Lipinski definition) is 3. The van der Waals surface area contributed by atoms with E-state index in [2.05, 4.69) is 15.6 Å². The molecular formula is C20H17Cl2N3O2. The molecule has 7 heteroatoms. The zero-order valence-electron chi connectivity index (χ0n) is 14.8. The predicted molar refractivity (Wildman–Crippen MR) is 109 cm³/mol. The molecule has 0 bridgehead atoms. The molecule has 2 N–H and O–H groups in total. The zero-order chi connectivity index (χ0) is 19.6. The van der Waals surface area contributed by atoms with Crippen LogP contribution in [-0.2, 0) is 4.79 Å². The van der Waals surface area contributed by atoms with Gasteiger partial charge in [0.1, 0.15) is 0 Å². The van der Waals surface area contributed by atoms with Gasteiger partial charge >= 0.3 is 0 Å². The van der Waals surface area contributed by atoms with Crippen molar-refractivity contribution in [1.82, 2.24) is 10.3 Å². The molecule has 0 aliphatic carbocycles. The minimum absolute atomic E-state index is 0.169. The summed E-state index contributed by atoms with van der Waals surface area (Å²) in [6.45, 7) is 3.39. The number of nitrogens with zero attached hydrogens (tertiary/aromatic N) is 1. The fourth-order valence-corrected chi connectivity index (χ4v) is 3.02. The Kier molecular flexibility index (Phi) is 5.63. The molecule has 0 saturated carbocycles. The van der Waals surface area contributed by atoms with Crippen LogP contribution in [0, 0.1) is 13.8 Å². The third kappa shape index (κ3) is 4.38. The molecule has 0 spiro atoms. The van der Waals surface area contributed by atoms with Crippen molar-refractivity contribution in [3.8, 4) is 0 Å². The van der Waals surface area contributed by atoms with Crippen molar-refractivity contribution in [1.29, 1.82) is 0 Å². The first-order chi connectivity index (χ1) is 12.8. The largest absolute Gasteiger partial charge is 0.343 e. The third-order valence-electron chi connectivity index (χ3n) is 4.16. The van der Waals surface area contributed by atoms with E-state index in [0.717, 1.165) is 16.5 Å². The number of amides is 2. The number of anilines is 1. The van der Waals surface area contributed by atoms with Gasteiger partial charge in [-0.1, -0.05) is 29.3 Å². The molecule has 2 aromatic carbocycles. The van der Waals surface area contributed by atoms with Crippen LogP contribution in [0.4, 0.5) is 5.69 Å². The number of halogens is 2. The van der Waals surface area contributed by atoms with Crippen molar-refractivity contribution in [2.75, 3.05) is 11.9 Å². The summed E-state index contributed by atoms with van der Waals surface area (Å²) in [5, 5.41) is 7.24. The van der Waals surface area contributed by atoms with Gasteiger partial charge in [-0.3, -0.25) is 14.6 Å². The highest BCUT2D eigenvalue weighted by molar-refractivity contribution is 6.32. The van der Waals surface area contributed by atoms with E-state index in [1.54, 1.807) is 49.4 Å². The lowest BCUT2D eigenvalue weighted by molar-refractivity contribution is -0.115. The molecule has 0 radical (unpaired) electrons. The Morgan fingerprint density at radius 1 is 1.07 bits per heavy atom. The topological polar surface area (TPSA) is 71.1 Å². The van der Waals surface area contributed by atoms with Crippen molar-refractivity contribution in [3.63, 3.8) is 0 Å². The molecule has 2 amide bonds. The second-order valence-corrected chi connectivity index (χ2v) is 6.95.